The Kier molecular flexibility index (Phi) is 7.82. The maximum atomic E-state index is 12.4. The largest absolute Gasteiger partial charge is 0.457 e. The number of nitrogens with zero attached hydrogens (tertiary/aromatic N) is 5. The molecular weight excluding hydrogens is 550 g/mol. The van der Waals surface area contributed by atoms with Crippen molar-refractivity contribution in [1.29, 1.82) is 0 Å². The van der Waals surface area contributed by atoms with Crippen molar-refractivity contribution >= 4 is 40.1 Å². The van der Waals surface area contributed by atoms with Crippen molar-refractivity contribution in [1.82, 2.24) is 14.9 Å². The van der Waals surface area contributed by atoms with Crippen molar-refractivity contribution in [3.63, 3.8) is 0 Å². The van der Waals surface area contributed by atoms with Crippen LogP contribution in [0, 0.1) is 0 Å². The minimum atomic E-state index is -0.501. The molecule has 6 rings (SSSR count). The number of benzene rings is 2. The van der Waals surface area contributed by atoms with Crippen molar-refractivity contribution in [2.75, 3.05) is 49.1 Å². The first-order chi connectivity index (χ1) is 20.2. The van der Waals surface area contributed by atoms with Gasteiger partial charge in [0.05, 0.1) is 16.2 Å². The molecule has 0 N–H and O–H groups in total. The zero-order chi connectivity index (χ0) is 29.3. The summed E-state index contributed by atoms with van der Waals surface area (Å²) in [4.78, 5) is 28.3. The zero-order valence-electron chi connectivity index (χ0n) is 24.3. The number of ether oxygens (including phenoxy) is 2. The Morgan fingerprint density at radius 1 is 0.833 bits per heavy atom. The van der Waals surface area contributed by atoms with E-state index in [-0.39, 0.29) is 6.09 Å². The highest BCUT2D eigenvalue weighted by molar-refractivity contribution is 6.35. The van der Waals surface area contributed by atoms with Crippen molar-refractivity contribution < 1.29 is 14.3 Å². The molecule has 0 aliphatic carbocycles. The van der Waals surface area contributed by atoms with Gasteiger partial charge in [-0.15, -0.1) is 0 Å². The SMILES string of the molecule is CC(C)(C)OC(=O)N1CCN(c2ccc(-c3cc(Cl)c4ccc(Oc5ccc(N6CCCC6)cc5)cc4n3)cn2)CC1. The highest BCUT2D eigenvalue weighted by atomic mass is 35.5. The van der Waals surface area contributed by atoms with Crippen LogP contribution < -0.4 is 14.5 Å². The molecule has 4 aromatic rings. The average Bonchev–Trinajstić information content (AvgIpc) is 3.52. The maximum absolute atomic E-state index is 12.4. The molecule has 1 amide bonds. The van der Waals surface area contributed by atoms with Crippen molar-refractivity contribution in [2.24, 2.45) is 0 Å². The molecular formula is C33H36ClN5O3. The fourth-order valence-electron chi connectivity index (χ4n) is 5.38. The van der Waals surface area contributed by atoms with Crippen LogP contribution in [0.3, 0.4) is 0 Å². The van der Waals surface area contributed by atoms with Gasteiger partial charge < -0.3 is 24.2 Å². The molecule has 0 saturated carbocycles. The molecule has 0 atom stereocenters. The van der Waals surface area contributed by atoms with Crippen LogP contribution in [0.4, 0.5) is 16.3 Å². The molecule has 2 saturated heterocycles. The Morgan fingerprint density at radius 2 is 1.55 bits per heavy atom. The van der Waals surface area contributed by atoms with E-state index >= 15 is 0 Å². The molecule has 0 bridgehead atoms. The molecule has 2 aliphatic heterocycles. The van der Waals surface area contributed by atoms with Crippen LogP contribution in [0.5, 0.6) is 11.5 Å². The van der Waals surface area contributed by atoms with Gasteiger partial charge in [-0.1, -0.05) is 11.6 Å². The van der Waals surface area contributed by atoms with Crippen molar-refractivity contribution in [3.8, 4) is 22.8 Å². The maximum Gasteiger partial charge on any atom is 0.410 e. The monoisotopic (exact) mass is 585 g/mol. The van der Waals surface area contributed by atoms with E-state index < -0.39 is 5.60 Å². The summed E-state index contributed by atoms with van der Waals surface area (Å²) in [5.74, 6) is 2.35. The Labute approximate surface area is 251 Å². The molecule has 2 aromatic carbocycles. The Morgan fingerprint density at radius 3 is 2.21 bits per heavy atom. The number of anilines is 2. The summed E-state index contributed by atoms with van der Waals surface area (Å²) >= 11 is 6.68. The third-order valence-corrected chi connectivity index (χ3v) is 7.89. The molecule has 218 valence electrons. The Balaban J connectivity index is 1.13. The molecule has 2 fully saturated rings. The van der Waals surface area contributed by atoms with E-state index in [9.17, 15) is 4.79 Å². The van der Waals surface area contributed by atoms with Gasteiger partial charge in [-0.05, 0) is 88.2 Å². The number of piperazine rings is 1. The summed E-state index contributed by atoms with van der Waals surface area (Å²) in [5, 5.41) is 1.49. The second-order valence-electron chi connectivity index (χ2n) is 11.8. The second-order valence-corrected chi connectivity index (χ2v) is 12.2. The number of halogens is 1. The van der Waals surface area contributed by atoms with Gasteiger partial charge in [-0.25, -0.2) is 14.8 Å². The number of carbonyl (C=O) groups excluding carboxylic acids is 1. The third kappa shape index (κ3) is 6.39. The number of aromatic nitrogens is 2. The van der Waals surface area contributed by atoms with Gasteiger partial charge in [0.15, 0.2) is 0 Å². The van der Waals surface area contributed by atoms with Gasteiger partial charge in [0, 0.05) is 68.2 Å². The summed E-state index contributed by atoms with van der Waals surface area (Å²) in [7, 11) is 0. The standard InChI is InChI=1S/C33H36ClN5O3/c1-33(2,3)42-32(40)39-18-16-38(17-19-39)31-13-6-23(22-35-31)29-21-28(34)27-12-11-26(20-30(27)36-29)41-25-9-7-24(8-10-25)37-14-4-5-15-37/h6-13,20-22H,4-5,14-19H2,1-3H3. The van der Waals surface area contributed by atoms with E-state index in [1.54, 1.807) is 4.90 Å². The van der Waals surface area contributed by atoms with Gasteiger partial charge in [-0.3, -0.25) is 0 Å². The number of pyridine rings is 2. The molecule has 0 radical (unpaired) electrons. The first-order valence-electron chi connectivity index (χ1n) is 14.5. The van der Waals surface area contributed by atoms with Gasteiger partial charge >= 0.3 is 6.09 Å². The number of amides is 1. The Hall–Kier alpha value is -4.04. The quantitative estimate of drug-likeness (QED) is 0.242. The molecule has 2 aliphatic rings. The summed E-state index contributed by atoms with van der Waals surface area (Å²) in [6, 6.07) is 19.9. The van der Waals surface area contributed by atoms with Crippen LogP contribution in [-0.2, 0) is 4.74 Å². The fraction of sp³-hybridized carbons (Fsp3) is 0.364. The summed E-state index contributed by atoms with van der Waals surface area (Å²) < 4.78 is 11.7. The lowest BCUT2D eigenvalue weighted by molar-refractivity contribution is 0.0240. The molecule has 42 heavy (non-hydrogen) atoms. The average molecular weight is 586 g/mol. The lowest BCUT2D eigenvalue weighted by atomic mass is 10.1. The minimum absolute atomic E-state index is 0.270. The number of fused-ring (bicyclic) bond motifs is 1. The van der Waals surface area contributed by atoms with Crippen LogP contribution >= 0.6 is 11.6 Å². The first kappa shape index (κ1) is 28.1. The predicted octanol–water partition coefficient (Wildman–Crippen LogP) is 7.40. The highest BCUT2D eigenvalue weighted by Gasteiger charge is 2.26. The molecule has 9 heteroatoms. The van der Waals surface area contributed by atoms with E-state index in [1.807, 2.05) is 75.5 Å². The Bertz CT molecular complexity index is 1560. The van der Waals surface area contributed by atoms with E-state index in [1.165, 1.54) is 18.5 Å². The van der Waals surface area contributed by atoms with Crippen LogP contribution in [0.15, 0.2) is 66.9 Å². The van der Waals surface area contributed by atoms with Gasteiger partial charge in [0.1, 0.15) is 22.9 Å². The van der Waals surface area contributed by atoms with Crippen LogP contribution in [-0.4, -0.2) is 65.8 Å². The predicted molar refractivity (Wildman–Crippen MR) is 168 cm³/mol. The number of hydrogen-bond donors (Lipinski definition) is 0. The van der Waals surface area contributed by atoms with Crippen LogP contribution in [0.1, 0.15) is 33.6 Å². The summed E-state index contributed by atoms with van der Waals surface area (Å²) in [5.41, 5.74) is 3.11. The molecule has 2 aromatic heterocycles. The van der Waals surface area contributed by atoms with Crippen molar-refractivity contribution in [2.45, 2.75) is 39.2 Å². The fourth-order valence-corrected chi connectivity index (χ4v) is 5.65. The van der Waals surface area contributed by atoms with E-state index in [0.29, 0.717) is 37.0 Å². The van der Waals surface area contributed by atoms with Gasteiger partial charge in [0.25, 0.3) is 0 Å². The zero-order valence-corrected chi connectivity index (χ0v) is 25.1. The number of rotatable bonds is 5. The number of carbonyl (C=O) groups is 1. The lowest BCUT2D eigenvalue weighted by Gasteiger charge is -2.36. The highest BCUT2D eigenvalue weighted by Crippen LogP contribution is 2.33. The van der Waals surface area contributed by atoms with E-state index in [2.05, 4.69) is 21.9 Å². The molecule has 8 nitrogen and oxygen atoms in total. The van der Waals surface area contributed by atoms with E-state index in [4.69, 9.17) is 31.0 Å². The van der Waals surface area contributed by atoms with Gasteiger partial charge in [-0.2, -0.15) is 0 Å². The first-order valence-corrected chi connectivity index (χ1v) is 14.9. The molecule has 0 spiro atoms. The number of hydrogen-bond acceptors (Lipinski definition) is 7. The summed E-state index contributed by atoms with van der Waals surface area (Å²) in [6.07, 6.45) is 4.06. The van der Waals surface area contributed by atoms with Gasteiger partial charge in [0.2, 0.25) is 0 Å². The second kappa shape index (κ2) is 11.7. The lowest BCUT2D eigenvalue weighted by Crippen LogP contribution is -2.50. The topological polar surface area (TPSA) is 71.0 Å². The van der Waals surface area contributed by atoms with Crippen LogP contribution in [0.25, 0.3) is 22.2 Å². The smallest absolute Gasteiger partial charge is 0.410 e. The summed E-state index contributed by atoms with van der Waals surface area (Å²) in [6.45, 7) is 10.4. The normalized spacial score (nSPS) is 15.8. The van der Waals surface area contributed by atoms with E-state index in [0.717, 1.165) is 46.8 Å². The van der Waals surface area contributed by atoms with Crippen molar-refractivity contribution in [3.05, 3.63) is 71.9 Å². The van der Waals surface area contributed by atoms with Crippen LogP contribution in [0.2, 0.25) is 5.02 Å². The molecule has 0 unspecified atom stereocenters. The molecule has 4 heterocycles. The minimum Gasteiger partial charge on any atom is -0.457 e. The third-order valence-electron chi connectivity index (χ3n) is 7.57.